The summed E-state index contributed by atoms with van der Waals surface area (Å²) in [5.74, 6) is 0. The summed E-state index contributed by atoms with van der Waals surface area (Å²) in [6.07, 6.45) is 0. The Kier molecular flexibility index (Phi) is 19.3. The van der Waals surface area contributed by atoms with Crippen LogP contribution in [0.15, 0.2) is 91.0 Å². The van der Waals surface area contributed by atoms with Crippen molar-refractivity contribution in [3.8, 4) is 0 Å². The summed E-state index contributed by atoms with van der Waals surface area (Å²) in [7, 11) is 3.75. The third kappa shape index (κ3) is 18.7. The third-order valence-electron chi connectivity index (χ3n) is 2.53. The first-order valence-corrected chi connectivity index (χ1v) is 7.79. The standard InChI is InChI=1S/3C7H7.C2H7N.Er/c3*1-7-5-3-2-4-6-7;1-3-2;/h3*2-6H,1H2;3H,1-2H3;/q3*-1;;+3. The van der Waals surface area contributed by atoms with E-state index in [1.54, 1.807) is 0 Å². The Hall–Kier alpha value is -1.52. The Morgan fingerprint density at radius 3 is 0.720 bits per heavy atom. The maximum Gasteiger partial charge on any atom is 3.00 e. The molecule has 25 heavy (non-hydrogen) atoms. The van der Waals surface area contributed by atoms with Crippen LogP contribution in [0, 0.1) is 58.1 Å². The van der Waals surface area contributed by atoms with Gasteiger partial charge in [-0.2, -0.15) is 73.9 Å². The van der Waals surface area contributed by atoms with E-state index in [9.17, 15) is 0 Å². The number of benzene rings is 3. The molecule has 0 spiro atoms. The molecule has 0 bridgehead atoms. The van der Waals surface area contributed by atoms with Gasteiger partial charge in [-0.3, -0.25) is 0 Å². The minimum atomic E-state index is 0. The Balaban J connectivity index is 0. The second kappa shape index (κ2) is 18.8. The first-order valence-electron chi connectivity index (χ1n) is 7.79. The Bertz CT molecular complexity index is 506. The number of nitrogens with one attached hydrogen (secondary N) is 1. The van der Waals surface area contributed by atoms with Gasteiger partial charge < -0.3 is 5.32 Å². The van der Waals surface area contributed by atoms with Gasteiger partial charge in [-0.25, -0.2) is 0 Å². The Morgan fingerprint density at radius 2 is 0.640 bits per heavy atom. The van der Waals surface area contributed by atoms with Gasteiger partial charge in [0.2, 0.25) is 0 Å². The topological polar surface area (TPSA) is 12.0 Å². The van der Waals surface area contributed by atoms with Gasteiger partial charge in [0.1, 0.15) is 0 Å². The van der Waals surface area contributed by atoms with E-state index in [2.05, 4.69) is 26.1 Å². The van der Waals surface area contributed by atoms with Crippen LogP contribution in [0.1, 0.15) is 16.7 Å². The normalized spacial score (nSPS) is 7.92. The minimum absolute atomic E-state index is 0. The van der Waals surface area contributed by atoms with Crippen molar-refractivity contribution in [1.29, 1.82) is 0 Å². The maximum atomic E-state index is 3.72. The molecule has 2 heteroatoms. The van der Waals surface area contributed by atoms with E-state index in [-0.39, 0.29) is 37.3 Å². The second-order valence-electron chi connectivity index (χ2n) is 4.96. The van der Waals surface area contributed by atoms with Crippen molar-refractivity contribution < 1.29 is 37.3 Å². The van der Waals surface area contributed by atoms with Crippen LogP contribution in [0.2, 0.25) is 0 Å². The Labute approximate surface area is 184 Å². The van der Waals surface area contributed by atoms with Crippen molar-refractivity contribution in [2.75, 3.05) is 14.1 Å². The fraction of sp³-hybridized carbons (Fsp3) is 0.0870. The van der Waals surface area contributed by atoms with Crippen LogP contribution < -0.4 is 5.32 Å². The molecule has 3 rings (SSSR count). The van der Waals surface area contributed by atoms with Crippen LogP contribution in [0.5, 0.6) is 0 Å². The molecular weight excluding hydrogens is 458 g/mol. The van der Waals surface area contributed by atoms with Crippen LogP contribution >= 0.6 is 0 Å². The van der Waals surface area contributed by atoms with Gasteiger partial charge in [0.05, 0.1) is 0 Å². The quantitative estimate of drug-likeness (QED) is 0.418. The molecule has 0 aromatic heterocycles. The molecule has 3 aromatic rings. The molecule has 0 saturated heterocycles. The molecule has 0 heterocycles. The molecule has 0 saturated carbocycles. The Morgan fingerprint density at radius 1 is 0.480 bits per heavy atom. The SMILES string of the molecule is CNC.[CH2-]c1ccccc1.[CH2-]c1ccccc1.[CH2-]c1ccccc1.[Er+3]. The summed E-state index contributed by atoms with van der Waals surface area (Å²) in [5.41, 5.74) is 3.22. The van der Waals surface area contributed by atoms with E-state index in [0.29, 0.717) is 0 Å². The molecule has 137 valence electrons. The van der Waals surface area contributed by atoms with Crippen molar-refractivity contribution in [2.24, 2.45) is 0 Å². The van der Waals surface area contributed by atoms with Crippen LogP contribution in [0.4, 0.5) is 0 Å². The van der Waals surface area contributed by atoms with Gasteiger partial charge in [0.15, 0.2) is 0 Å². The van der Waals surface area contributed by atoms with Crippen molar-refractivity contribution in [2.45, 2.75) is 0 Å². The van der Waals surface area contributed by atoms with E-state index in [0.717, 1.165) is 16.7 Å². The number of rotatable bonds is 0. The fourth-order valence-corrected chi connectivity index (χ4v) is 1.43. The van der Waals surface area contributed by atoms with E-state index in [1.165, 1.54) is 0 Å². The van der Waals surface area contributed by atoms with Gasteiger partial charge in [-0.1, -0.05) is 18.2 Å². The molecule has 3 aromatic carbocycles. The molecule has 0 atom stereocenters. The van der Waals surface area contributed by atoms with E-state index in [1.807, 2.05) is 105 Å². The summed E-state index contributed by atoms with van der Waals surface area (Å²) in [4.78, 5) is 0. The van der Waals surface area contributed by atoms with Gasteiger partial charge >= 0.3 is 37.3 Å². The van der Waals surface area contributed by atoms with Crippen molar-refractivity contribution >= 4 is 0 Å². The molecule has 0 aliphatic rings. The summed E-state index contributed by atoms with van der Waals surface area (Å²) in [6.45, 7) is 11.2. The molecule has 0 amide bonds. The summed E-state index contributed by atoms with van der Waals surface area (Å²) < 4.78 is 0. The first-order chi connectivity index (χ1) is 11.6. The average molecular weight is 486 g/mol. The molecule has 1 N–H and O–H groups in total. The van der Waals surface area contributed by atoms with Crippen LogP contribution in [-0.2, 0) is 0 Å². The molecular formula is C23H28ErN. The van der Waals surface area contributed by atoms with Crippen molar-refractivity contribution in [1.82, 2.24) is 5.32 Å². The molecule has 0 fully saturated rings. The number of hydrogen-bond acceptors (Lipinski definition) is 1. The van der Waals surface area contributed by atoms with Gasteiger partial charge in [0.25, 0.3) is 0 Å². The molecule has 0 aliphatic heterocycles. The molecule has 1 radical (unpaired) electrons. The van der Waals surface area contributed by atoms with Crippen molar-refractivity contribution in [3.05, 3.63) is 128 Å². The zero-order valence-corrected chi connectivity index (χ0v) is 16.9. The zero-order valence-electron chi connectivity index (χ0n) is 15.1. The predicted octanol–water partition coefficient (Wildman–Crippen LogP) is 5.44. The zero-order chi connectivity index (χ0) is 18.0. The van der Waals surface area contributed by atoms with Gasteiger partial charge in [-0.05, 0) is 14.1 Å². The van der Waals surface area contributed by atoms with Crippen LogP contribution in [-0.4, -0.2) is 14.1 Å². The average Bonchev–Trinajstić information content (AvgIpc) is 2.59. The number of hydrogen-bond donors (Lipinski definition) is 1. The van der Waals surface area contributed by atoms with E-state index in [4.69, 9.17) is 0 Å². The third-order valence-corrected chi connectivity index (χ3v) is 2.53. The van der Waals surface area contributed by atoms with Gasteiger partial charge in [0, 0.05) is 0 Å². The largest absolute Gasteiger partial charge is 3.00 e. The predicted molar refractivity (Wildman–Crippen MR) is 108 cm³/mol. The van der Waals surface area contributed by atoms with E-state index >= 15 is 0 Å². The van der Waals surface area contributed by atoms with E-state index < -0.39 is 0 Å². The van der Waals surface area contributed by atoms with Gasteiger partial charge in [-0.15, -0.1) is 36.4 Å². The fourth-order valence-electron chi connectivity index (χ4n) is 1.43. The maximum absolute atomic E-state index is 3.72. The molecule has 1 nitrogen and oxygen atoms in total. The minimum Gasteiger partial charge on any atom is -0.323 e. The van der Waals surface area contributed by atoms with Crippen molar-refractivity contribution in [3.63, 3.8) is 0 Å². The molecule has 0 unspecified atom stereocenters. The monoisotopic (exact) mass is 484 g/mol. The summed E-state index contributed by atoms with van der Waals surface area (Å²) >= 11 is 0. The summed E-state index contributed by atoms with van der Waals surface area (Å²) in [6, 6.07) is 29.6. The molecule has 0 aliphatic carbocycles. The first kappa shape index (κ1) is 25.7. The van der Waals surface area contributed by atoms with Crippen LogP contribution in [0.25, 0.3) is 0 Å². The van der Waals surface area contributed by atoms with Crippen LogP contribution in [0.3, 0.4) is 0 Å². The smallest absolute Gasteiger partial charge is 0.323 e. The summed E-state index contributed by atoms with van der Waals surface area (Å²) in [5, 5.41) is 2.75. The second-order valence-corrected chi connectivity index (χ2v) is 4.96.